The average molecular weight is 327 g/mol. The van der Waals surface area contributed by atoms with E-state index in [1.54, 1.807) is 10.7 Å². The Balaban J connectivity index is 2.41. The van der Waals surface area contributed by atoms with Crippen molar-refractivity contribution >= 4 is 15.9 Å². The van der Waals surface area contributed by atoms with Gasteiger partial charge in [0, 0.05) is 7.05 Å². The molecule has 2 rings (SSSR count). The molecule has 0 aliphatic carbocycles. The molecule has 0 radical (unpaired) electrons. The van der Waals surface area contributed by atoms with Crippen molar-refractivity contribution in [2.24, 2.45) is 7.05 Å². The number of hydrogen-bond acceptors (Lipinski definition) is 3. The van der Waals surface area contributed by atoms with Crippen molar-refractivity contribution in [2.45, 2.75) is 19.4 Å². The van der Waals surface area contributed by atoms with Crippen LogP contribution in [0, 0.1) is 5.82 Å². The molecule has 4 nitrogen and oxygen atoms in total. The van der Waals surface area contributed by atoms with Gasteiger partial charge in [-0.1, -0.05) is 24.3 Å². The minimum atomic E-state index is -0.243. The largest absolute Gasteiger partial charge is 0.305 e. The van der Waals surface area contributed by atoms with Gasteiger partial charge < -0.3 is 5.32 Å². The molecule has 1 unspecified atom stereocenters. The van der Waals surface area contributed by atoms with E-state index in [4.69, 9.17) is 0 Å². The molecule has 6 heteroatoms. The zero-order valence-corrected chi connectivity index (χ0v) is 12.5. The molecule has 1 atom stereocenters. The van der Waals surface area contributed by atoms with Gasteiger partial charge in [-0.15, -0.1) is 5.10 Å². The smallest absolute Gasteiger partial charge is 0.153 e. The van der Waals surface area contributed by atoms with Gasteiger partial charge in [-0.2, -0.15) is 0 Å². The summed E-state index contributed by atoms with van der Waals surface area (Å²) in [4.78, 5) is 0. The Kier molecular flexibility index (Phi) is 4.66. The second-order valence-corrected chi connectivity index (χ2v) is 5.08. The summed E-state index contributed by atoms with van der Waals surface area (Å²) in [6.45, 7) is 2.92. The van der Waals surface area contributed by atoms with Crippen molar-refractivity contribution in [2.75, 3.05) is 6.54 Å². The standard InChI is InChI=1S/C13H16BrFN4/c1-3-7-16-11(9-5-4-6-10(15)8-9)12-13(14)17-18-19(12)2/h4-6,8,11,16H,3,7H2,1-2H3. The Hall–Kier alpha value is -1.27. The number of aromatic nitrogens is 3. The number of aryl methyl sites for hydroxylation is 1. The van der Waals surface area contributed by atoms with E-state index < -0.39 is 0 Å². The summed E-state index contributed by atoms with van der Waals surface area (Å²) < 4.78 is 15.8. The first kappa shape index (κ1) is 14.1. The number of rotatable bonds is 5. The predicted molar refractivity (Wildman–Crippen MR) is 75.2 cm³/mol. The fourth-order valence-electron chi connectivity index (χ4n) is 1.99. The van der Waals surface area contributed by atoms with Gasteiger partial charge in [0.05, 0.1) is 11.7 Å². The third-order valence-electron chi connectivity index (χ3n) is 2.88. The lowest BCUT2D eigenvalue weighted by molar-refractivity contribution is 0.544. The maximum absolute atomic E-state index is 13.4. The van der Waals surface area contributed by atoms with Gasteiger partial charge in [0.25, 0.3) is 0 Å². The molecule has 1 N–H and O–H groups in total. The van der Waals surface area contributed by atoms with E-state index in [9.17, 15) is 4.39 Å². The van der Waals surface area contributed by atoms with Gasteiger partial charge in [0.2, 0.25) is 0 Å². The van der Waals surface area contributed by atoms with E-state index in [-0.39, 0.29) is 11.9 Å². The van der Waals surface area contributed by atoms with E-state index in [1.165, 1.54) is 12.1 Å². The molecular weight excluding hydrogens is 311 g/mol. The second kappa shape index (κ2) is 6.25. The molecule has 0 aliphatic rings. The van der Waals surface area contributed by atoms with Crippen molar-refractivity contribution in [3.63, 3.8) is 0 Å². The first-order valence-electron chi connectivity index (χ1n) is 6.17. The first-order valence-corrected chi connectivity index (χ1v) is 6.96. The minimum Gasteiger partial charge on any atom is -0.305 e. The van der Waals surface area contributed by atoms with Gasteiger partial charge >= 0.3 is 0 Å². The lowest BCUT2D eigenvalue weighted by Crippen LogP contribution is -2.25. The first-order chi connectivity index (χ1) is 9.13. The summed E-state index contributed by atoms with van der Waals surface area (Å²) in [5.41, 5.74) is 1.75. The molecule has 1 aromatic heterocycles. The predicted octanol–water partition coefficient (Wildman–Crippen LogP) is 2.81. The molecule has 19 heavy (non-hydrogen) atoms. The molecule has 0 saturated carbocycles. The van der Waals surface area contributed by atoms with Gasteiger partial charge in [-0.25, -0.2) is 9.07 Å². The van der Waals surface area contributed by atoms with E-state index >= 15 is 0 Å². The Morgan fingerprint density at radius 3 is 2.84 bits per heavy atom. The summed E-state index contributed by atoms with van der Waals surface area (Å²) in [5.74, 6) is -0.243. The van der Waals surface area contributed by atoms with Crippen LogP contribution in [-0.2, 0) is 7.05 Å². The van der Waals surface area contributed by atoms with Crippen LogP contribution >= 0.6 is 15.9 Å². The highest BCUT2D eigenvalue weighted by molar-refractivity contribution is 9.10. The van der Waals surface area contributed by atoms with Crippen LogP contribution in [-0.4, -0.2) is 21.5 Å². The number of hydrogen-bond donors (Lipinski definition) is 1. The van der Waals surface area contributed by atoms with E-state index in [0.29, 0.717) is 4.60 Å². The topological polar surface area (TPSA) is 42.7 Å². The molecule has 2 aromatic rings. The second-order valence-electron chi connectivity index (χ2n) is 4.33. The zero-order chi connectivity index (χ0) is 13.8. The summed E-state index contributed by atoms with van der Waals surface area (Å²) >= 11 is 3.40. The average Bonchev–Trinajstić information content (AvgIpc) is 2.71. The van der Waals surface area contributed by atoms with Crippen LogP contribution in [0.1, 0.15) is 30.6 Å². The number of nitrogens with one attached hydrogen (secondary N) is 1. The van der Waals surface area contributed by atoms with E-state index in [1.807, 2.05) is 13.1 Å². The Morgan fingerprint density at radius 1 is 1.47 bits per heavy atom. The molecule has 1 heterocycles. The third kappa shape index (κ3) is 3.19. The highest BCUT2D eigenvalue weighted by atomic mass is 79.9. The van der Waals surface area contributed by atoms with Crippen LogP contribution in [0.3, 0.4) is 0 Å². The van der Waals surface area contributed by atoms with Gasteiger partial charge in [0.15, 0.2) is 4.60 Å². The van der Waals surface area contributed by atoms with Crippen molar-refractivity contribution in [1.82, 2.24) is 20.3 Å². The van der Waals surface area contributed by atoms with Crippen molar-refractivity contribution < 1.29 is 4.39 Å². The molecule has 1 aromatic carbocycles. The Morgan fingerprint density at radius 2 is 2.26 bits per heavy atom. The number of halogens is 2. The maximum Gasteiger partial charge on any atom is 0.153 e. The highest BCUT2D eigenvalue weighted by Crippen LogP contribution is 2.27. The van der Waals surface area contributed by atoms with Crippen LogP contribution in [0.25, 0.3) is 0 Å². The third-order valence-corrected chi connectivity index (χ3v) is 3.45. The van der Waals surface area contributed by atoms with Crippen LogP contribution in [0.4, 0.5) is 4.39 Å². The van der Waals surface area contributed by atoms with Gasteiger partial charge in [-0.05, 0) is 46.6 Å². The fraction of sp³-hybridized carbons (Fsp3) is 0.385. The lowest BCUT2D eigenvalue weighted by atomic mass is 10.0. The number of benzene rings is 1. The van der Waals surface area contributed by atoms with Gasteiger partial charge in [0.1, 0.15) is 5.82 Å². The quantitative estimate of drug-likeness (QED) is 0.918. The summed E-state index contributed by atoms with van der Waals surface area (Å²) in [6, 6.07) is 6.45. The highest BCUT2D eigenvalue weighted by Gasteiger charge is 2.21. The summed E-state index contributed by atoms with van der Waals surface area (Å²) in [7, 11) is 1.83. The maximum atomic E-state index is 13.4. The molecule has 0 saturated heterocycles. The normalized spacial score (nSPS) is 12.6. The van der Waals surface area contributed by atoms with Crippen molar-refractivity contribution in [1.29, 1.82) is 0 Å². The van der Waals surface area contributed by atoms with E-state index in [0.717, 1.165) is 24.2 Å². The zero-order valence-electron chi connectivity index (χ0n) is 10.9. The Labute approximate surface area is 120 Å². The molecule has 0 amide bonds. The summed E-state index contributed by atoms with van der Waals surface area (Å²) in [6.07, 6.45) is 0.995. The van der Waals surface area contributed by atoms with Crippen LogP contribution in [0.2, 0.25) is 0 Å². The molecule has 0 bridgehead atoms. The molecule has 0 spiro atoms. The molecule has 0 aliphatic heterocycles. The SMILES string of the molecule is CCCNC(c1cccc(F)c1)c1c(Br)nnn1C. The van der Waals surface area contributed by atoms with Gasteiger partial charge in [-0.3, -0.25) is 0 Å². The lowest BCUT2D eigenvalue weighted by Gasteiger charge is -2.19. The molecular formula is C13H16BrFN4. The van der Waals surface area contributed by atoms with Crippen LogP contribution in [0.15, 0.2) is 28.9 Å². The minimum absolute atomic E-state index is 0.134. The monoisotopic (exact) mass is 326 g/mol. The van der Waals surface area contributed by atoms with Crippen molar-refractivity contribution in [3.8, 4) is 0 Å². The van der Waals surface area contributed by atoms with Crippen LogP contribution in [0.5, 0.6) is 0 Å². The molecule has 102 valence electrons. The van der Waals surface area contributed by atoms with E-state index in [2.05, 4.69) is 38.5 Å². The number of nitrogens with zero attached hydrogens (tertiary/aromatic N) is 3. The molecule has 0 fully saturated rings. The van der Waals surface area contributed by atoms with Crippen molar-refractivity contribution in [3.05, 3.63) is 45.9 Å². The Bertz CT molecular complexity index is 536. The van der Waals surface area contributed by atoms with Crippen LogP contribution < -0.4 is 5.32 Å². The summed E-state index contributed by atoms with van der Waals surface area (Å²) in [5, 5.41) is 11.4. The fourth-order valence-corrected chi connectivity index (χ4v) is 2.55.